The Labute approximate surface area is 172 Å². The van der Waals surface area contributed by atoms with Crippen molar-refractivity contribution in [1.82, 2.24) is 14.9 Å². The van der Waals surface area contributed by atoms with E-state index in [2.05, 4.69) is 25.8 Å². The van der Waals surface area contributed by atoms with Crippen molar-refractivity contribution < 1.29 is 9.53 Å². The largest absolute Gasteiger partial charge is 0.496 e. The van der Waals surface area contributed by atoms with Crippen molar-refractivity contribution in [2.75, 3.05) is 56.2 Å². The van der Waals surface area contributed by atoms with Crippen LogP contribution in [-0.2, 0) is 0 Å². The summed E-state index contributed by atoms with van der Waals surface area (Å²) in [5.74, 6) is 3.44. The van der Waals surface area contributed by atoms with Crippen molar-refractivity contribution in [3.63, 3.8) is 0 Å². The van der Waals surface area contributed by atoms with E-state index in [1.165, 1.54) is 19.3 Å². The first-order valence-electron chi connectivity index (χ1n) is 10.4. The fourth-order valence-electron chi connectivity index (χ4n) is 4.11. The molecule has 2 aromatic rings. The van der Waals surface area contributed by atoms with Gasteiger partial charge >= 0.3 is 0 Å². The van der Waals surface area contributed by atoms with Crippen LogP contribution in [0.2, 0.25) is 0 Å². The number of carbonyl (C=O) groups is 1. The molecule has 1 aromatic carbocycles. The third kappa shape index (κ3) is 4.28. The second-order valence-corrected chi connectivity index (χ2v) is 7.66. The Hall–Kier alpha value is -2.83. The van der Waals surface area contributed by atoms with Gasteiger partial charge in [-0.1, -0.05) is 12.1 Å². The van der Waals surface area contributed by atoms with Gasteiger partial charge in [0.15, 0.2) is 0 Å². The van der Waals surface area contributed by atoms with Crippen LogP contribution in [0.1, 0.15) is 35.4 Å². The standard InChI is InChI=1S/C22H29N5O2/c1-17-23-20(25-10-6-3-7-11-25)16-21(24-17)26-12-14-27(15-13-26)22(28)18-8-4-5-9-19(18)29-2/h4-5,8-9,16H,3,6-7,10-15H2,1-2H3. The normalized spacial score (nSPS) is 17.4. The lowest BCUT2D eigenvalue weighted by Crippen LogP contribution is -2.49. The van der Waals surface area contributed by atoms with E-state index in [1.54, 1.807) is 7.11 Å². The van der Waals surface area contributed by atoms with Gasteiger partial charge in [-0.2, -0.15) is 0 Å². The van der Waals surface area contributed by atoms with E-state index < -0.39 is 0 Å². The van der Waals surface area contributed by atoms with E-state index in [9.17, 15) is 4.79 Å². The molecule has 0 radical (unpaired) electrons. The van der Waals surface area contributed by atoms with Crippen molar-refractivity contribution in [3.05, 3.63) is 41.7 Å². The lowest BCUT2D eigenvalue weighted by atomic mass is 10.1. The number of para-hydroxylation sites is 1. The zero-order valence-electron chi connectivity index (χ0n) is 17.3. The van der Waals surface area contributed by atoms with E-state index >= 15 is 0 Å². The number of ether oxygens (including phenoxy) is 1. The summed E-state index contributed by atoms with van der Waals surface area (Å²) in [6, 6.07) is 9.51. The van der Waals surface area contributed by atoms with Gasteiger partial charge in [-0.05, 0) is 38.3 Å². The van der Waals surface area contributed by atoms with Gasteiger partial charge < -0.3 is 19.4 Å². The maximum absolute atomic E-state index is 12.9. The summed E-state index contributed by atoms with van der Waals surface area (Å²) in [6.07, 6.45) is 3.75. The summed E-state index contributed by atoms with van der Waals surface area (Å²) >= 11 is 0. The van der Waals surface area contributed by atoms with Gasteiger partial charge in [0, 0.05) is 45.3 Å². The van der Waals surface area contributed by atoms with E-state index in [4.69, 9.17) is 4.74 Å². The number of aromatic nitrogens is 2. The average molecular weight is 396 g/mol. The number of hydrogen-bond acceptors (Lipinski definition) is 6. The minimum absolute atomic E-state index is 0.0231. The highest BCUT2D eigenvalue weighted by Gasteiger charge is 2.25. The van der Waals surface area contributed by atoms with Gasteiger partial charge in [0.05, 0.1) is 12.7 Å². The van der Waals surface area contributed by atoms with E-state index in [-0.39, 0.29) is 5.91 Å². The molecule has 7 heteroatoms. The zero-order chi connectivity index (χ0) is 20.2. The number of amides is 1. The van der Waals surface area contributed by atoms with Crippen LogP contribution in [0.15, 0.2) is 30.3 Å². The van der Waals surface area contributed by atoms with Crippen molar-refractivity contribution >= 4 is 17.5 Å². The molecule has 2 saturated heterocycles. The topological polar surface area (TPSA) is 61.8 Å². The first kappa shape index (κ1) is 19.5. The minimum Gasteiger partial charge on any atom is -0.496 e. The summed E-state index contributed by atoms with van der Waals surface area (Å²) < 4.78 is 5.35. The van der Waals surface area contributed by atoms with Gasteiger partial charge in [-0.3, -0.25) is 4.79 Å². The number of piperidine rings is 1. The molecule has 3 heterocycles. The fraction of sp³-hybridized carbons (Fsp3) is 0.500. The smallest absolute Gasteiger partial charge is 0.257 e. The molecule has 0 bridgehead atoms. The highest BCUT2D eigenvalue weighted by molar-refractivity contribution is 5.97. The molecule has 0 unspecified atom stereocenters. The van der Waals surface area contributed by atoms with Crippen molar-refractivity contribution in [1.29, 1.82) is 0 Å². The number of piperazine rings is 1. The van der Waals surface area contributed by atoms with Gasteiger partial charge in [0.25, 0.3) is 5.91 Å². The summed E-state index contributed by atoms with van der Waals surface area (Å²) in [5, 5.41) is 0. The number of hydrogen-bond donors (Lipinski definition) is 0. The summed E-state index contributed by atoms with van der Waals surface area (Å²) in [7, 11) is 1.60. The fourth-order valence-corrected chi connectivity index (χ4v) is 4.11. The van der Waals surface area contributed by atoms with E-state index in [1.807, 2.05) is 36.1 Å². The van der Waals surface area contributed by atoms with Crippen molar-refractivity contribution in [2.24, 2.45) is 0 Å². The van der Waals surface area contributed by atoms with Crippen LogP contribution in [0.25, 0.3) is 0 Å². The number of methoxy groups -OCH3 is 1. The molecule has 1 amide bonds. The van der Waals surface area contributed by atoms with Crippen LogP contribution < -0.4 is 14.5 Å². The van der Waals surface area contributed by atoms with Crippen LogP contribution in [0.5, 0.6) is 5.75 Å². The third-order valence-electron chi connectivity index (χ3n) is 5.72. The Morgan fingerprint density at radius 3 is 2.17 bits per heavy atom. The molecule has 7 nitrogen and oxygen atoms in total. The SMILES string of the molecule is COc1ccccc1C(=O)N1CCN(c2cc(N3CCCCC3)nc(C)n2)CC1. The van der Waals surface area contributed by atoms with Crippen LogP contribution in [0, 0.1) is 6.92 Å². The molecule has 154 valence electrons. The number of nitrogens with zero attached hydrogens (tertiary/aromatic N) is 5. The highest BCUT2D eigenvalue weighted by Crippen LogP contribution is 2.24. The van der Waals surface area contributed by atoms with Gasteiger partial charge in [-0.15, -0.1) is 0 Å². The maximum Gasteiger partial charge on any atom is 0.257 e. The number of benzene rings is 1. The van der Waals surface area contributed by atoms with Crippen LogP contribution in [-0.4, -0.2) is 67.2 Å². The van der Waals surface area contributed by atoms with Gasteiger partial charge in [0.1, 0.15) is 23.2 Å². The Kier molecular flexibility index (Phi) is 5.83. The first-order valence-corrected chi connectivity index (χ1v) is 10.4. The molecule has 0 aliphatic carbocycles. The summed E-state index contributed by atoms with van der Waals surface area (Å²) in [5.41, 5.74) is 0.619. The second-order valence-electron chi connectivity index (χ2n) is 7.66. The number of anilines is 2. The second kappa shape index (κ2) is 8.68. The Bertz CT molecular complexity index is 858. The summed E-state index contributed by atoms with van der Waals surface area (Å²) in [4.78, 5) is 28.8. The molecule has 0 N–H and O–H groups in total. The zero-order valence-corrected chi connectivity index (χ0v) is 17.3. The van der Waals surface area contributed by atoms with E-state index in [0.29, 0.717) is 24.4 Å². The molecule has 2 aliphatic heterocycles. The van der Waals surface area contributed by atoms with Crippen LogP contribution in [0.4, 0.5) is 11.6 Å². The highest BCUT2D eigenvalue weighted by atomic mass is 16.5. The van der Waals surface area contributed by atoms with Crippen LogP contribution in [0.3, 0.4) is 0 Å². The molecular formula is C22H29N5O2. The minimum atomic E-state index is 0.0231. The monoisotopic (exact) mass is 395 g/mol. The van der Waals surface area contributed by atoms with Gasteiger partial charge in [-0.25, -0.2) is 9.97 Å². The molecule has 0 spiro atoms. The van der Waals surface area contributed by atoms with Gasteiger partial charge in [0.2, 0.25) is 0 Å². The molecule has 0 atom stereocenters. The Morgan fingerprint density at radius 2 is 1.52 bits per heavy atom. The molecule has 2 aliphatic rings. The quantitative estimate of drug-likeness (QED) is 0.793. The lowest BCUT2D eigenvalue weighted by molar-refractivity contribution is 0.0743. The first-order chi connectivity index (χ1) is 14.2. The predicted molar refractivity (Wildman–Crippen MR) is 114 cm³/mol. The Balaban J connectivity index is 1.44. The number of carbonyl (C=O) groups excluding carboxylic acids is 1. The average Bonchev–Trinajstić information content (AvgIpc) is 2.79. The molecule has 2 fully saturated rings. The number of aryl methyl sites for hydroxylation is 1. The molecule has 1 aromatic heterocycles. The predicted octanol–water partition coefficient (Wildman–Crippen LogP) is 2.75. The van der Waals surface area contributed by atoms with Crippen molar-refractivity contribution in [3.8, 4) is 5.75 Å². The maximum atomic E-state index is 12.9. The molecule has 0 saturated carbocycles. The van der Waals surface area contributed by atoms with E-state index in [0.717, 1.165) is 43.6 Å². The molecule has 29 heavy (non-hydrogen) atoms. The Morgan fingerprint density at radius 1 is 0.897 bits per heavy atom. The van der Waals surface area contributed by atoms with Crippen molar-refractivity contribution in [2.45, 2.75) is 26.2 Å². The molecular weight excluding hydrogens is 366 g/mol. The lowest BCUT2D eigenvalue weighted by Gasteiger charge is -2.36. The molecule has 4 rings (SSSR count). The number of rotatable bonds is 4. The van der Waals surface area contributed by atoms with Crippen LogP contribution >= 0.6 is 0 Å². The summed E-state index contributed by atoms with van der Waals surface area (Å²) in [6.45, 7) is 6.94. The third-order valence-corrected chi connectivity index (χ3v) is 5.72.